The summed E-state index contributed by atoms with van der Waals surface area (Å²) in [6.45, 7) is 0.267. The molecule has 0 spiro atoms. The Morgan fingerprint density at radius 2 is 2.00 bits per heavy atom. The zero-order chi connectivity index (χ0) is 21.3. The smallest absolute Gasteiger partial charge is 0.355 e. The number of carbonyl (C=O) groups excluding carboxylic acids is 1. The number of anilines is 1. The minimum absolute atomic E-state index is 0.0255. The lowest BCUT2D eigenvalue weighted by molar-refractivity contribution is -0.111. The second kappa shape index (κ2) is 8.57. The van der Waals surface area contributed by atoms with Crippen molar-refractivity contribution in [1.29, 1.82) is 0 Å². The van der Waals surface area contributed by atoms with Crippen LogP contribution in [0.25, 0.3) is 16.0 Å². The van der Waals surface area contributed by atoms with E-state index in [1.165, 1.54) is 25.4 Å². The molecule has 0 radical (unpaired) electrons. The summed E-state index contributed by atoms with van der Waals surface area (Å²) in [5, 5.41) is 1.11. The highest BCUT2D eigenvalue weighted by molar-refractivity contribution is 9.10. The minimum atomic E-state index is -0.299. The van der Waals surface area contributed by atoms with Crippen LogP contribution >= 0.6 is 27.3 Å². The summed E-state index contributed by atoms with van der Waals surface area (Å²) in [5.74, 6) is 1.22. The molecule has 1 fully saturated rings. The van der Waals surface area contributed by atoms with Gasteiger partial charge in [0.1, 0.15) is 17.6 Å². The molecular formula is C20H19BrN6O2S. The largest absolute Gasteiger partial charge is 0.361 e. The van der Waals surface area contributed by atoms with E-state index < -0.39 is 0 Å². The monoisotopic (exact) mass is 486 g/mol. The van der Waals surface area contributed by atoms with Crippen molar-refractivity contribution in [2.45, 2.75) is 18.8 Å². The molecule has 1 aliphatic heterocycles. The van der Waals surface area contributed by atoms with Crippen LogP contribution < -0.4 is 10.6 Å². The maximum absolute atomic E-state index is 12.6. The molecule has 1 aromatic carbocycles. The molecule has 0 unspecified atom stereocenters. The van der Waals surface area contributed by atoms with Crippen molar-refractivity contribution < 1.29 is 4.79 Å². The molecule has 2 aromatic heterocycles. The molecule has 0 bridgehead atoms. The van der Waals surface area contributed by atoms with Crippen LogP contribution in [0.1, 0.15) is 23.8 Å². The van der Waals surface area contributed by atoms with Gasteiger partial charge in [0.2, 0.25) is 0 Å². The summed E-state index contributed by atoms with van der Waals surface area (Å²) in [7, 11) is 3.81. The maximum atomic E-state index is 12.6. The number of hydrogen-bond donors (Lipinski definition) is 0. The molecule has 0 saturated heterocycles. The van der Waals surface area contributed by atoms with Crippen molar-refractivity contribution >= 4 is 61.8 Å². The molecule has 0 amide bonds. The summed E-state index contributed by atoms with van der Waals surface area (Å²) < 4.78 is 3.50. The normalized spacial score (nSPS) is 15.2. The maximum Gasteiger partial charge on any atom is 0.355 e. The molecule has 0 atom stereocenters. The lowest BCUT2D eigenvalue weighted by atomic mass is 10.3. The minimum Gasteiger partial charge on any atom is -0.361 e. The molecule has 0 N–H and O–H groups in total. The summed E-state index contributed by atoms with van der Waals surface area (Å²) in [4.78, 5) is 40.9. The van der Waals surface area contributed by atoms with E-state index >= 15 is 0 Å². The average Bonchev–Trinajstić information content (AvgIpc) is 3.47. The highest BCUT2D eigenvalue weighted by Gasteiger charge is 2.29. The standard InChI is InChI=1S/C16H15BrN4OS.C4H4N2O/c1-20(2)13-12-14(18-15(23-12)9-6-7-9)21(16(22)19-13)11-5-3-4-10(17)8-11;7-4-1-5-3-6-2-4/h3-5,8-9H,6-7H2,1-2H3;1,3H,2H2. The number of carbonyl (C=O) groups is 1. The number of benzene rings is 1. The number of halogens is 1. The number of aliphatic imine (C=N–C) groups is 2. The zero-order valence-electron chi connectivity index (χ0n) is 16.4. The number of aromatic nitrogens is 3. The van der Waals surface area contributed by atoms with Gasteiger partial charge in [-0.1, -0.05) is 22.0 Å². The first kappa shape index (κ1) is 20.5. The number of thiazole rings is 1. The SMILES string of the molecule is CN(C)c1nc(=O)n(-c2cccc(Br)c2)c2nc(C3CC3)sc12.O=C1C=NC=NC1. The van der Waals surface area contributed by atoms with E-state index in [-0.39, 0.29) is 18.0 Å². The summed E-state index contributed by atoms with van der Waals surface area (Å²) in [6.07, 6.45) is 5.02. The van der Waals surface area contributed by atoms with Crippen LogP contribution in [0.15, 0.2) is 43.5 Å². The van der Waals surface area contributed by atoms with Gasteiger partial charge in [0.05, 0.1) is 16.9 Å². The number of nitrogens with zero attached hydrogens (tertiary/aromatic N) is 6. The van der Waals surface area contributed by atoms with Crippen molar-refractivity contribution in [3.63, 3.8) is 0 Å². The molecule has 1 aliphatic carbocycles. The molecule has 5 rings (SSSR count). The molecule has 10 heteroatoms. The van der Waals surface area contributed by atoms with Crippen LogP contribution in [0.4, 0.5) is 5.82 Å². The van der Waals surface area contributed by atoms with Crippen LogP contribution in [0.5, 0.6) is 0 Å². The Balaban J connectivity index is 0.000000265. The molecule has 30 heavy (non-hydrogen) atoms. The lowest BCUT2D eigenvalue weighted by Gasteiger charge is -2.13. The lowest BCUT2D eigenvalue weighted by Crippen LogP contribution is -2.25. The molecule has 3 heterocycles. The third-order valence-corrected chi connectivity index (χ3v) is 6.16. The van der Waals surface area contributed by atoms with Gasteiger partial charge in [-0.25, -0.2) is 19.3 Å². The Morgan fingerprint density at radius 3 is 2.57 bits per heavy atom. The molecule has 154 valence electrons. The predicted molar refractivity (Wildman–Crippen MR) is 124 cm³/mol. The van der Waals surface area contributed by atoms with E-state index in [0.717, 1.165) is 19.9 Å². The van der Waals surface area contributed by atoms with Gasteiger partial charge in [-0.2, -0.15) is 4.98 Å². The fraction of sp³-hybridized carbons (Fsp3) is 0.300. The van der Waals surface area contributed by atoms with E-state index in [9.17, 15) is 9.59 Å². The third-order valence-electron chi connectivity index (χ3n) is 4.46. The summed E-state index contributed by atoms with van der Waals surface area (Å²) in [6, 6.07) is 7.66. The van der Waals surface area contributed by atoms with E-state index in [4.69, 9.17) is 4.98 Å². The molecule has 1 saturated carbocycles. The topological polar surface area (TPSA) is 92.8 Å². The van der Waals surface area contributed by atoms with Crippen LogP contribution in [-0.2, 0) is 4.79 Å². The van der Waals surface area contributed by atoms with Gasteiger partial charge in [0.25, 0.3) is 0 Å². The van der Waals surface area contributed by atoms with Crippen LogP contribution in [-0.4, -0.2) is 53.5 Å². The number of fused-ring (bicyclic) bond motifs is 1. The van der Waals surface area contributed by atoms with E-state index in [2.05, 4.69) is 30.9 Å². The van der Waals surface area contributed by atoms with Crippen LogP contribution in [0.2, 0.25) is 0 Å². The van der Waals surface area contributed by atoms with Crippen molar-refractivity contribution in [2.24, 2.45) is 9.98 Å². The molecule has 2 aliphatic rings. The van der Waals surface area contributed by atoms with Crippen LogP contribution in [0, 0.1) is 0 Å². The first-order chi connectivity index (χ1) is 14.4. The summed E-state index contributed by atoms with van der Waals surface area (Å²) >= 11 is 5.12. The van der Waals surface area contributed by atoms with Gasteiger partial charge in [0.15, 0.2) is 17.2 Å². The van der Waals surface area contributed by atoms with Gasteiger partial charge in [-0.15, -0.1) is 11.3 Å². The Labute approximate surface area is 185 Å². The number of Topliss-reactive ketones (excluding diaryl/α,β-unsaturated/α-hetero) is 1. The van der Waals surface area contributed by atoms with Crippen molar-refractivity contribution in [3.05, 3.63) is 44.2 Å². The van der Waals surface area contributed by atoms with Gasteiger partial charge in [-0.05, 0) is 31.0 Å². The fourth-order valence-electron chi connectivity index (χ4n) is 2.90. The first-order valence-corrected chi connectivity index (χ1v) is 11.0. The first-order valence-electron chi connectivity index (χ1n) is 9.35. The van der Waals surface area contributed by atoms with Gasteiger partial charge < -0.3 is 4.90 Å². The van der Waals surface area contributed by atoms with E-state index in [1.807, 2.05) is 43.3 Å². The van der Waals surface area contributed by atoms with E-state index in [0.29, 0.717) is 17.4 Å². The Morgan fingerprint density at radius 1 is 1.20 bits per heavy atom. The second-order valence-electron chi connectivity index (χ2n) is 7.11. The Hall–Kier alpha value is -2.72. The average molecular weight is 487 g/mol. The fourth-order valence-corrected chi connectivity index (χ4v) is 4.58. The highest BCUT2D eigenvalue weighted by Crippen LogP contribution is 2.44. The van der Waals surface area contributed by atoms with Crippen LogP contribution in [0.3, 0.4) is 0 Å². The van der Waals surface area contributed by atoms with Gasteiger partial charge in [0, 0.05) is 24.5 Å². The zero-order valence-corrected chi connectivity index (χ0v) is 18.9. The quantitative estimate of drug-likeness (QED) is 0.566. The van der Waals surface area contributed by atoms with Crippen molar-refractivity contribution in [3.8, 4) is 5.69 Å². The summed E-state index contributed by atoms with van der Waals surface area (Å²) in [5.41, 5.74) is 1.19. The highest BCUT2D eigenvalue weighted by atomic mass is 79.9. The number of hydrogen-bond acceptors (Lipinski definition) is 8. The number of ketones is 1. The molecular weight excluding hydrogens is 468 g/mol. The van der Waals surface area contributed by atoms with Crippen molar-refractivity contribution in [2.75, 3.05) is 25.5 Å². The van der Waals surface area contributed by atoms with Crippen molar-refractivity contribution in [1.82, 2.24) is 14.5 Å². The second-order valence-corrected chi connectivity index (χ2v) is 9.05. The Kier molecular flexibility index (Phi) is 5.87. The molecule has 8 nitrogen and oxygen atoms in total. The Bertz CT molecular complexity index is 1230. The third kappa shape index (κ3) is 4.39. The predicted octanol–water partition coefficient (Wildman–Crippen LogP) is 3.22. The van der Waals surface area contributed by atoms with E-state index in [1.54, 1.807) is 15.9 Å². The number of rotatable bonds is 3. The van der Waals surface area contributed by atoms with Gasteiger partial charge in [-0.3, -0.25) is 9.79 Å². The molecule has 3 aromatic rings. The van der Waals surface area contributed by atoms with Gasteiger partial charge >= 0.3 is 5.69 Å².